The maximum Gasteiger partial charge on any atom is 0.236 e. The maximum atomic E-state index is 12.6. The number of amides is 1. The van der Waals surface area contributed by atoms with Crippen LogP contribution in [0.1, 0.15) is 24.5 Å². The monoisotopic (exact) mass is 400 g/mol. The van der Waals surface area contributed by atoms with Crippen molar-refractivity contribution >= 4 is 17.5 Å². The minimum absolute atomic E-state index is 0.197. The van der Waals surface area contributed by atoms with Crippen LogP contribution in [0, 0.1) is 0 Å². The van der Waals surface area contributed by atoms with E-state index in [0.717, 1.165) is 42.9 Å². The summed E-state index contributed by atoms with van der Waals surface area (Å²) in [6.45, 7) is 4.93. The quantitative estimate of drug-likeness (QED) is 0.789. The third-order valence-electron chi connectivity index (χ3n) is 5.42. The number of carbonyl (C=O) groups excluding carboxylic acids is 1. The number of carbonyl (C=O) groups is 1. The van der Waals surface area contributed by atoms with E-state index in [1.807, 2.05) is 35.4 Å². The summed E-state index contributed by atoms with van der Waals surface area (Å²) in [5.74, 6) is 0.487. The number of rotatable bonds is 4. The lowest BCUT2D eigenvalue weighted by Crippen LogP contribution is -2.47. The molecule has 2 aliphatic heterocycles. The molecule has 7 heteroatoms. The summed E-state index contributed by atoms with van der Waals surface area (Å²) in [4.78, 5) is 26.0. The molecule has 28 heavy (non-hydrogen) atoms. The average Bonchev–Trinajstić information content (AvgIpc) is 2.75. The Morgan fingerprint density at radius 3 is 2.89 bits per heavy atom. The van der Waals surface area contributed by atoms with Crippen LogP contribution in [0.2, 0.25) is 5.02 Å². The standard InChI is InChI=1S/C21H25ClN4O2/c22-18-5-1-3-16(11-18)19-12-23-13-20(24-19)17-4-2-6-25(14-17)15-21(27)26-7-9-28-10-8-26/h1,3,5,11-13,17H,2,4,6-10,14-15H2/t17-/m0/s1. The molecule has 3 heterocycles. The van der Waals surface area contributed by atoms with Crippen molar-refractivity contribution in [3.8, 4) is 11.3 Å². The second-order valence-corrected chi connectivity index (χ2v) is 7.84. The number of halogens is 1. The molecule has 1 aromatic carbocycles. The molecule has 0 aliphatic carbocycles. The van der Waals surface area contributed by atoms with Gasteiger partial charge in [0.25, 0.3) is 0 Å². The molecule has 0 spiro atoms. The molecule has 0 N–H and O–H groups in total. The number of morpholine rings is 1. The average molecular weight is 401 g/mol. The predicted octanol–water partition coefficient (Wildman–Crippen LogP) is 2.84. The fraction of sp³-hybridized carbons (Fsp3) is 0.476. The zero-order chi connectivity index (χ0) is 19.3. The molecule has 6 nitrogen and oxygen atoms in total. The first-order chi connectivity index (χ1) is 13.7. The summed E-state index contributed by atoms with van der Waals surface area (Å²) >= 11 is 6.12. The Hall–Kier alpha value is -2.02. The van der Waals surface area contributed by atoms with Crippen molar-refractivity contribution in [3.05, 3.63) is 47.4 Å². The Bertz CT molecular complexity index is 826. The summed E-state index contributed by atoms with van der Waals surface area (Å²) in [5, 5.41) is 0.690. The predicted molar refractivity (Wildman–Crippen MR) is 108 cm³/mol. The number of hydrogen-bond acceptors (Lipinski definition) is 5. The molecule has 1 aromatic heterocycles. The summed E-state index contributed by atoms with van der Waals surface area (Å²) in [6, 6.07) is 7.68. The summed E-state index contributed by atoms with van der Waals surface area (Å²) < 4.78 is 5.34. The second-order valence-electron chi connectivity index (χ2n) is 7.41. The fourth-order valence-electron chi connectivity index (χ4n) is 3.91. The van der Waals surface area contributed by atoms with Gasteiger partial charge in [-0.25, -0.2) is 4.98 Å². The Kier molecular flexibility index (Phi) is 6.20. The van der Waals surface area contributed by atoms with Crippen LogP contribution < -0.4 is 0 Å². The number of piperidine rings is 1. The SMILES string of the molecule is O=C(CN1CCC[C@H](c2cncc(-c3cccc(Cl)c3)n2)C1)N1CCOCC1. The van der Waals surface area contributed by atoms with Gasteiger partial charge >= 0.3 is 0 Å². The number of benzene rings is 1. The van der Waals surface area contributed by atoms with Crippen LogP contribution in [0.4, 0.5) is 0 Å². The van der Waals surface area contributed by atoms with Crippen LogP contribution in [-0.2, 0) is 9.53 Å². The lowest BCUT2D eigenvalue weighted by Gasteiger charge is -2.34. The van der Waals surface area contributed by atoms with Gasteiger partial charge in [-0.05, 0) is 31.5 Å². The van der Waals surface area contributed by atoms with Crippen molar-refractivity contribution in [2.45, 2.75) is 18.8 Å². The van der Waals surface area contributed by atoms with Gasteiger partial charge in [-0.2, -0.15) is 0 Å². The first-order valence-corrected chi connectivity index (χ1v) is 10.2. The largest absolute Gasteiger partial charge is 0.378 e. The molecule has 2 aliphatic rings. The van der Waals surface area contributed by atoms with Crippen molar-refractivity contribution in [1.82, 2.24) is 19.8 Å². The topological polar surface area (TPSA) is 58.6 Å². The van der Waals surface area contributed by atoms with Crippen molar-refractivity contribution in [1.29, 1.82) is 0 Å². The van der Waals surface area contributed by atoms with Gasteiger partial charge in [-0.3, -0.25) is 14.7 Å². The molecule has 2 aromatic rings. The molecule has 0 radical (unpaired) electrons. The third kappa shape index (κ3) is 4.69. The highest BCUT2D eigenvalue weighted by Crippen LogP contribution is 2.27. The van der Waals surface area contributed by atoms with Gasteiger partial charge in [0.2, 0.25) is 5.91 Å². The van der Waals surface area contributed by atoms with E-state index in [1.54, 1.807) is 6.20 Å². The van der Waals surface area contributed by atoms with Gasteiger partial charge < -0.3 is 9.64 Å². The molecule has 2 saturated heterocycles. The highest BCUT2D eigenvalue weighted by Gasteiger charge is 2.26. The number of hydrogen-bond donors (Lipinski definition) is 0. The van der Waals surface area contributed by atoms with E-state index in [0.29, 0.717) is 37.9 Å². The molecular formula is C21H25ClN4O2. The lowest BCUT2D eigenvalue weighted by atomic mass is 9.94. The lowest BCUT2D eigenvalue weighted by molar-refractivity contribution is -0.136. The Morgan fingerprint density at radius 2 is 2.07 bits per heavy atom. The minimum Gasteiger partial charge on any atom is -0.378 e. The van der Waals surface area contributed by atoms with Crippen molar-refractivity contribution < 1.29 is 9.53 Å². The minimum atomic E-state index is 0.197. The van der Waals surface area contributed by atoms with Crippen molar-refractivity contribution in [2.24, 2.45) is 0 Å². The first kappa shape index (κ1) is 19.3. The molecule has 148 valence electrons. The zero-order valence-corrected chi connectivity index (χ0v) is 16.6. The van der Waals surface area contributed by atoms with Gasteiger partial charge in [0.1, 0.15) is 0 Å². The van der Waals surface area contributed by atoms with Gasteiger partial charge in [0.05, 0.1) is 37.3 Å². The Morgan fingerprint density at radius 1 is 1.21 bits per heavy atom. The van der Waals surface area contributed by atoms with E-state index >= 15 is 0 Å². The highest BCUT2D eigenvalue weighted by molar-refractivity contribution is 6.30. The van der Waals surface area contributed by atoms with E-state index in [4.69, 9.17) is 21.3 Å². The Labute approximate surface area is 170 Å². The maximum absolute atomic E-state index is 12.6. The summed E-state index contributed by atoms with van der Waals surface area (Å²) in [7, 11) is 0. The first-order valence-electron chi connectivity index (χ1n) is 9.85. The third-order valence-corrected chi connectivity index (χ3v) is 5.66. The van der Waals surface area contributed by atoms with Crippen molar-refractivity contribution in [2.75, 3.05) is 45.9 Å². The summed E-state index contributed by atoms with van der Waals surface area (Å²) in [5.41, 5.74) is 2.79. The smallest absolute Gasteiger partial charge is 0.236 e. The van der Waals surface area contributed by atoms with Gasteiger partial charge in [0.15, 0.2) is 0 Å². The molecule has 4 rings (SSSR count). The van der Waals surface area contributed by atoms with E-state index < -0.39 is 0 Å². The highest BCUT2D eigenvalue weighted by atomic mass is 35.5. The molecule has 0 unspecified atom stereocenters. The molecular weight excluding hydrogens is 376 g/mol. The molecule has 0 bridgehead atoms. The number of likely N-dealkylation sites (tertiary alicyclic amines) is 1. The Balaban J connectivity index is 1.43. The van der Waals surface area contributed by atoms with Crippen LogP contribution in [0.15, 0.2) is 36.7 Å². The summed E-state index contributed by atoms with van der Waals surface area (Å²) in [6.07, 6.45) is 5.75. The van der Waals surface area contributed by atoms with Gasteiger partial charge in [-0.1, -0.05) is 23.7 Å². The van der Waals surface area contributed by atoms with E-state index in [1.165, 1.54) is 0 Å². The van der Waals surface area contributed by atoms with Crippen molar-refractivity contribution in [3.63, 3.8) is 0 Å². The molecule has 1 amide bonds. The molecule has 1 atom stereocenters. The van der Waals surface area contributed by atoms with Gasteiger partial charge in [0, 0.05) is 42.3 Å². The van der Waals surface area contributed by atoms with E-state index in [2.05, 4.69) is 9.88 Å². The normalized spacial score (nSPS) is 20.9. The van der Waals surface area contributed by atoms with Crippen LogP contribution in [0.25, 0.3) is 11.3 Å². The number of nitrogens with zero attached hydrogens (tertiary/aromatic N) is 4. The van der Waals surface area contributed by atoms with E-state index in [9.17, 15) is 4.79 Å². The number of ether oxygens (including phenoxy) is 1. The van der Waals surface area contributed by atoms with Gasteiger partial charge in [-0.15, -0.1) is 0 Å². The number of aromatic nitrogens is 2. The molecule has 2 fully saturated rings. The molecule has 0 saturated carbocycles. The van der Waals surface area contributed by atoms with Crippen LogP contribution in [-0.4, -0.2) is 71.6 Å². The van der Waals surface area contributed by atoms with Crippen LogP contribution >= 0.6 is 11.6 Å². The second kappa shape index (κ2) is 8.99. The van der Waals surface area contributed by atoms with Crippen LogP contribution in [0.3, 0.4) is 0 Å². The fourth-order valence-corrected chi connectivity index (χ4v) is 4.10. The van der Waals surface area contributed by atoms with Crippen LogP contribution in [0.5, 0.6) is 0 Å². The van der Waals surface area contributed by atoms with E-state index in [-0.39, 0.29) is 11.8 Å². The zero-order valence-electron chi connectivity index (χ0n) is 15.9.